The van der Waals surface area contributed by atoms with Crippen molar-refractivity contribution in [1.82, 2.24) is 14.9 Å². The van der Waals surface area contributed by atoms with Gasteiger partial charge in [0.15, 0.2) is 5.82 Å². The number of carbonyl (C=O) groups is 2. The Kier molecular flexibility index (Phi) is 8.34. The Balaban J connectivity index is 1.73. The molecule has 196 valence electrons. The van der Waals surface area contributed by atoms with Crippen molar-refractivity contribution in [3.63, 3.8) is 0 Å². The monoisotopic (exact) mass is 528 g/mol. The van der Waals surface area contributed by atoms with E-state index >= 15 is 4.39 Å². The van der Waals surface area contributed by atoms with Crippen LogP contribution in [-0.2, 0) is 17.6 Å². The van der Waals surface area contributed by atoms with Crippen molar-refractivity contribution in [2.75, 3.05) is 32.4 Å². The zero-order valence-electron chi connectivity index (χ0n) is 20.9. The van der Waals surface area contributed by atoms with Gasteiger partial charge in [-0.15, -0.1) is 0 Å². The summed E-state index contributed by atoms with van der Waals surface area (Å²) >= 11 is 1.11. The Hall–Kier alpha value is -3.57. The molecule has 9 nitrogen and oxygen atoms in total. The van der Waals surface area contributed by atoms with Crippen LogP contribution in [-0.4, -0.2) is 44.6 Å². The van der Waals surface area contributed by atoms with E-state index in [2.05, 4.69) is 14.8 Å². The number of benzene rings is 2. The zero-order valence-corrected chi connectivity index (χ0v) is 21.7. The highest BCUT2D eigenvalue weighted by atomic mass is 32.2. The highest BCUT2D eigenvalue weighted by Crippen LogP contribution is 2.29. The molecule has 3 N–H and O–H groups in total. The van der Waals surface area contributed by atoms with Crippen molar-refractivity contribution in [2.45, 2.75) is 25.7 Å². The molecule has 11 heteroatoms. The molecule has 1 heterocycles. The smallest absolute Gasteiger partial charge is 0.414 e. The molecule has 1 fully saturated rings. The molecule has 4 rings (SSSR count). The summed E-state index contributed by atoms with van der Waals surface area (Å²) in [4.78, 5) is 39.2. The van der Waals surface area contributed by atoms with Crippen LogP contribution in [0.2, 0.25) is 0 Å². The Morgan fingerprint density at radius 1 is 1.19 bits per heavy atom. The molecule has 1 aromatic heterocycles. The van der Waals surface area contributed by atoms with Crippen molar-refractivity contribution in [1.29, 1.82) is 0 Å². The summed E-state index contributed by atoms with van der Waals surface area (Å²) in [6.07, 6.45) is 1.46. The lowest BCUT2D eigenvalue weighted by atomic mass is 9.95. The Morgan fingerprint density at radius 3 is 2.68 bits per heavy atom. The van der Waals surface area contributed by atoms with Crippen molar-refractivity contribution >= 4 is 40.8 Å². The maximum absolute atomic E-state index is 15.2. The lowest BCUT2D eigenvalue weighted by Gasteiger charge is -2.15. The summed E-state index contributed by atoms with van der Waals surface area (Å²) < 4.78 is 31.7. The minimum atomic E-state index is -0.684. The van der Waals surface area contributed by atoms with Crippen LogP contribution in [0.4, 0.5) is 14.9 Å². The van der Waals surface area contributed by atoms with E-state index in [0.717, 1.165) is 25.0 Å². The highest BCUT2D eigenvalue weighted by Gasteiger charge is 2.24. The number of amides is 2. The van der Waals surface area contributed by atoms with Gasteiger partial charge >= 0.3 is 11.7 Å². The molecule has 0 atom stereocenters. The molecule has 37 heavy (non-hydrogen) atoms. The van der Waals surface area contributed by atoms with Gasteiger partial charge in [-0.1, -0.05) is 12.1 Å². The van der Waals surface area contributed by atoms with Crippen LogP contribution in [0.25, 0.3) is 11.0 Å². The SMILES string of the molecule is CNSNc1cccc(Cc2c(CC(=O)NCC3CC3)c3ccc(OC(=O)N(C)C)cc3oc2=O)c1F. The maximum atomic E-state index is 15.2. The third-order valence-corrected chi connectivity index (χ3v) is 6.52. The number of ether oxygens (including phenoxy) is 1. The lowest BCUT2D eigenvalue weighted by molar-refractivity contribution is -0.120. The molecule has 1 aliphatic carbocycles. The first-order valence-electron chi connectivity index (χ1n) is 11.9. The van der Waals surface area contributed by atoms with E-state index in [0.29, 0.717) is 23.4 Å². The number of hydrogen-bond donors (Lipinski definition) is 3. The molecule has 2 amide bonds. The molecule has 0 spiro atoms. The fourth-order valence-corrected chi connectivity index (χ4v) is 4.18. The predicted molar refractivity (Wildman–Crippen MR) is 141 cm³/mol. The Morgan fingerprint density at radius 2 is 1.97 bits per heavy atom. The fraction of sp³-hybridized carbons (Fsp3) is 0.346. The fourth-order valence-electron chi connectivity index (χ4n) is 3.81. The van der Waals surface area contributed by atoms with Gasteiger partial charge < -0.3 is 24.1 Å². The van der Waals surface area contributed by atoms with Crippen LogP contribution in [0.3, 0.4) is 0 Å². The Bertz CT molecular complexity index is 1370. The second kappa shape index (κ2) is 11.7. The molecule has 0 bridgehead atoms. The topological polar surface area (TPSA) is 113 Å². The van der Waals surface area contributed by atoms with E-state index in [1.165, 1.54) is 11.0 Å². The number of nitrogens with one attached hydrogen (secondary N) is 3. The second-order valence-electron chi connectivity index (χ2n) is 9.05. The first-order valence-corrected chi connectivity index (χ1v) is 12.7. The van der Waals surface area contributed by atoms with Crippen LogP contribution in [0, 0.1) is 11.7 Å². The summed E-state index contributed by atoms with van der Waals surface area (Å²) in [5.41, 5.74) is 0.680. The summed E-state index contributed by atoms with van der Waals surface area (Å²) in [5.74, 6) is -0.0443. The van der Waals surface area contributed by atoms with Crippen LogP contribution in [0.5, 0.6) is 5.75 Å². The van der Waals surface area contributed by atoms with Gasteiger partial charge in [0.1, 0.15) is 11.3 Å². The third kappa shape index (κ3) is 6.60. The number of nitrogens with zero attached hydrogens (tertiary/aromatic N) is 1. The number of halogens is 1. The summed E-state index contributed by atoms with van der Waals surface area (Å²) in [5, 5.41) is 3.44. The molecule has 3 aromatic rings. The maximum Gasteiger partial charge on any atom is 0.414 e. The van der Waals surface area contributed by atoms with Gasteiger partial charge in [0.25, 0.3) is 0 Å². The van der Waals surface area contributed by atoms with Crippen molar-refractivity contribution in [3.05, 3.63) is 69.3 Å². The van der Waals surface area contributed by atoms with Gasteiger partial charge in [0.2, 0.25) is 5.91 Å². The largest absolute Gasteiger partial charge is 0.422 e. The lowest BCUT2D eigenvalue weighted by Crippen LogP contribution is -2.28. The van der Waals surface area contributed by atoms with Crippen LogP contribution >= 0.6 is 12.1 Å². The van der Waals surface area contributed by atoms with Crippen LogP contribution in [0.1, 0.15) is 29.5 Å². The van der Waals surface area contributed by atoms with Crippen molar-refractivity contribution in [3.8, 4) is 5.75 Å². The molecular weight excluding hydrogens is 499 g/mol. The van der Waals surface area contributed by atoms with Crippen molar-refractivity contribution < 1.29 is 23.1 Å². The average molecular weight is 529 g/mol. The third-order valence-electron chi connectivity index (χ3n) is 5.99. The second-order valence-corrected chi connectivity index (χ2v) is 9.87. The van der Waals surface area contributed by atoms with Gasteiger partial charge in [0.05, 0.1) is 12.1 Å². The standard InChI is InChI=1S/C26H29FN4O5S/c1-28-37-30-21-6-4-5-16(24(21)27)11-20-19(13-23(32)29-14-15-7-8-15)18-10-9-17(35-26(34)31(2)3)12-22(18)36-25(20)33/h4-6,9-10,12,15,28,30H,7-8,11,13-14H2,1-3H3,(H,29,32). The van der Waals surface area contributed by atoms with Gasteiger partial charge in [-0.25, -0.2) is 18.7 Å². The summed E-state index contributed by atoms with van der Waals surface area (Å²) in [6, 6.07) is 9.52. The molecule has 1 saturated carbocycles. The van der Waals surface area contributed by atoms with E-state index in [9.17, 15) is 14.4 Å². The van der Waals surface area contributed by atoms with E-state index in [1.807, 2.05) is 0 Å². The molecule has 2 aromatic carbocycles. The van der Waals surface area contributed by atoms with Gasteiger partial charge in [0, 0.05) is 56.2 Å². The number of rotatable bonds is 10. The summed E-state index contributed by atoms with van der Waals surface area (Å²) in [7, 11) is 4.80. The number of hydrogen-bond acceptors (Lipinski definition) is 8. The van der Waals surface area contributed by atoms with Crippen molar-refractivity contribution in [2.24, 2.45) is 5.92 Å². The normalized spacial score (nSPS) is 12.9. The van der Waals surface area contributed by atoms with Crippen LogP contribution < -0.4 is 25.1 Å². The van der Waals surface area contributed by atoms with Gasteiger partial charge in [-0.2, -0.15) is 0 Å². The molecule has 0 unspecified atom stereocenters. The average Bonchev–Trinajstić information content (AvgIpc) is 3.69. The molecule has 1 aliphatic rings. The minimum Gasteiger partial charge on any atom is -0.422 e. The molecule has 0 saturated heterocycles. The highest BCUT2D eigenvalue weighted by molar-refractivity contribution is 7.98. The van der Waals surface area contributed by atoms with Gasteiger partial charge in [-0.3, -0.25) is 4.79 Å². The van der Waals surface area contributed by atoms with Gasteiger partial charge in [-0.05, 0) is 55.1 Å². The van der Waals surface area contributed by atoms with E-state index in [4.69, 9.17) is 9.15 Å². The van der Waals surface area contributed by atoms with E-state index < -0.39 is 17.5 Å². The first-order chi connectivity index (χ1) is 17.8. The number of anilines is 1. The van der Waals surface area contributed by atoms with E-state index in [-0.39, 0.29) is 46.9 Å². The molecule has 0 aliphatic heterocycles. The summed E-state index contributed by atoms with van der Waals surface area (Å²) in [6.45, 7) is 0.587. The predicted octanol–water partition coefficient (Wildman–Crippen LogP) is 3.85. The first kappa shape index (κ1) is 26.5. The zero-order chi connectivity index (χ0) is 26.5. The molecular formula is C26H29FN4O5S. The number of carbonyl (C=O) groups excluding carboxylic acids is 2. The molecule has 0 radical (unpaired) electrons. The van der Waals surface area contributed by atoms with Crippen LogP contribution in [0.15, 0.2) is 45.6 Å². The van der Waals surface area contributed by atoms with E-state index in [1.54, 1.807) is 51.5 Å². The minimum absolute atomic E-state index is 0.0630. The Labute approximate surface area is 218 Å². The quantitative estimate of drug-likeness (QED) is 0.269. The number of fused-ring (bicyclic) bond motifs is 1.